The van der Waals surface area contributed by atoms with Gasteiger partial charge in [-0.1, -0.05) is 0 Å². The van der Waals surface area contributed by atoms with Gasteiger partial charge in [-0.15, -0.1) is 0 Å². The normalized spacial score (nSPS) is 13.0. The van der Waals surface area contributed by atoms with Gasteiger partial charge < -0.3 is 4.74 Å². The van der Waals surface area contributed by atoms with Gasteiger partial charge in [0.1, 0.15) is 0 Å². The van der Waals surface area contributed by atoms with Gasteiger partial charge in [0, 0.05) is 11.9 Å². The third kappa shape index (κ3) is 3.32. The van der Waals surface area contributed by atoms with Crippen LogP contribution >= 0.6 is 0 Å². The number of carbonyl (C=O) groups excluding carboxylic acids is 1. The van der Waals surface area contributed by atoms with Crippen molar-refractivity contribution in [1.82, 2.24) is 0 Å². The maximum atomic E-state index is 11.1. The highest BCUT2D eigenvalue weighted by Gasteiger charge is 2.06. The van der Waals surface area contributed by atoms with E-state index in [0.717, 1.165) is 0 Å². The van der Waals surface area contributed by atoms with Gasteiger partial charge in [0.25, 0.3) is 0 Å². The molecule has 0 aliphatic carbocycles. The fraction of sp³-hybridized carbons (Fsp3) is 0.556. The molecule has 0 aromatic carbocycles. The number of hydrogen-bond acceptors (Lipinski definition) is 3. The Hall–Kier alpha value is -1.12. The summed E-state index contributed by atoms with van der Waals surface area (Å²) in [5, 5.41) is 0. The van der Waals surface area contributed by atoms with Gasteiger partial charge in [-0.2, -0.15) is 0 Å². The van der Waals surface area contributed by atoms with E-state index in [1.807, 2.05) is 6.92 Å². The van der Waals surface area contributed by atoms with E-state index in [1.165, 1.54) is 0 Å². The highest BCUT2D eigenvalue weighted by atomic mass is 16.5. The maximum Gasteiger partial charge on any atom is 0.335 e. The zero-order chi connectivity index (χ0) is 9.56. The minimum atomic E-state index is -0.291. The van der Waals surface area contributed by atoms with E-state index in [1.54, 1.807) is 27.0 Å². The molecule has 3 heteroatoms. The summed E-state index contributed by atoms with van der Waals surface area (Å²) < 4.78 is 4.80. The van der Waals surface area contributed by atoms with Crippen molar-refractivity contribution < 1.29 is 9.53 Å². The lowest BCUT2D eigenvalue weighted by atomic mass is 10.2. The Balaban J connectivity index is 4.43. The fourth-order valence-electron chi connectivity index (χ4n) is 0.678. The Morgan fingerprint density at radius 2 is 2.08 bits per heavy atom. The number of aliphatic imine (C=N–C) groups is 1. The van der Waals surface area contributed by atoms with E-state index in [2.05, 4.69) is 4.99 Å². The predicted molar refractivity (Wildman–Crippen MR) is 49.2 cm³/mol. The number of allylic oxidation sites excluding steroid dienone is 1. The smallest absolute Gasteiger partial charge is 0.335 e. The summed E-state index contributed by atoms with van der Waals surface area (Å²) in [5.74, 6) is -0.291. The second kappa shape index (κ2) is 5.52. The molecular weight excluding hydrogens is 154 g/mol. The van der Waals surface area contributed by atoms with Gasteiger partial charge in [-0.25, -0.2) is 4.79 Å². The molecule has 0 aromatic heterocycles. The van der Waals surface area contributed by atoms with Crippen molar-refractivity contribution in [2.45, 2.75) is 27.7 Å². The summed E-state index contributed by atoms with van der Waals surface area (Å²) in [7, 11) is 0. The molecule has 0 unspecified atom stereocenters. The second-order valence-corrected chi connectivity index (χ2v) is 2.32. The number of carbonyl (C=O) groups is 1. The maximum absolute atomic E-state index is 11.1. The average molecular weight is 169 g/mol. The van der Waals surface area contributed by atoms with Crippen LogP contribution in [-0.4, -0.2) is 18.8 Å². The minimum absolute atomic E-state index is 0.291. The van der Waals surface area contributed by atoms with Crippen LogP contribution < -0.4 is 0 Å². The van der Waals surface area contributed by atoms with E-state index in [-0.39, 0.29) is 5.97 Å². The van der Waals surface area contributed by atoms with Crippen molar-refractivity contribution in [2.24, 2.45) is 4.99 Å². The van der Waals surface area contributed by atoms with Crippen LogP contribution in [0.25, 0.3) is 0 Å². The summed E-state index contributed by atoms with van der Waals surface area (Å²) in [5.41, 5.74) is 1.27. The highest BCUT2D eigenvalue weighted by Crippen LogP contribution is 2.05. The van der Waals surface area contributed by atoms with Crippen LogP contribution in [0.5, 0.6) is 0 Å². The van der Waals surface area contributed by atoms with E-state index >= 15 is 0 Å². The standard InChI is InChI=1S/C9H15NO2/c1-5-10-8(4)7(3)9(11)12-6-2/h5H,6H2,1-4H3/b8-7+,10-5-. The Morgan fingerprint density at radius 1 is 1.50 bits per heavy atom. The van der Waals surface area contributed by atoms with Gasteiger partial charge in [0.2, 0.25) is 0 Å². The predicted octanol–water partition coefficient (Wildman–Crippen LogP) is 1.93. The van der Waals surface area contributed by atoms with Gasteiger partial charge in [0.05, 0.1) is 12.2 Å². The molecule has 3 nitrogen and oxygen atoms in total. The molecule has 0 aliphatic rings. The Bertz CT molecular complexity index is 217. The van der Waals surface area contributed by atoms with E-state index < -0.39 is 0 Å². The Labute approximate surface area is 73.1 Å². The van der Waals surface area contributed by atoms with Crippen molar-refractivity contribution in [2.75, 3.05) is 6.61 Å². The van der Waals surface area contributed by atoms with Crippen LogP contribution in [0.4, 0.5) is 0 Å². The summed E-state index contributed by atoms with van der Waals surface area (Å²) in [6.45, 7) is 7.48. The first-order valence-corrected chi connectivity index (χ1v) is 3.96. The summed E-state index contributed by atoms with van der Waals surface area (Å²) in [6.07, 6.45) is 1.65. The van der Waals surface area contributed by atoms with Crippen LogP contribution in [0.15, 0.2) is 16.3 Å². The Morgan fingerprint density at radius 3 is 2.50 bits per heavy atom. The van der Waals surface area contributed by atoms with Crippen LogP contribution in [0.2, 0.25) is 0 Å². The zero-order valence-electron chi connectivity index (χ0n) is 8.05. The topological polar surface area (TPSA) is 38.7 Å². The highest BCUT2D eigenvalue weighted by molar-refractivity contribution is 5.88. The summed E-state index contributed by atoms with van der Waals surface area (Å²) >= 11 is 0. The molecule has 0 spiro atoms. The van der Waals surface area contributed by atoms with Gasteiger partial charge in [0.15, 0.2) is 0 Å². The first-order chi connectivity index (χ1) is 5.63. The second-order valence-electron chi connectivity index (χ2n) is 2.32. The average Bonchev–Trinajstić information content (AvgIpc) is 2.04. The molecule has 0 amide bonds. The molecule has 0 N–H and O–H groups in total. The number of rotatable bonds is 3. The van der Waals surface area contributed by atoms with Gasteiger partial charge >= 0.3 is 5.97 Å². The molecule has 0 saturated carbocycles. The number of ether oxygens (including phenoxy) is 1. The first kappa shape index (κ1) is 10.9. The molecular formula is C9H15NO2. The lowest BCUT2D eigenvalue weighted by molar-refractivity contribution is -0.138. The summed E-state index contributed by atoms with van der Waals surface area (Å²) in [6, 6.07) is 0. The van der Waals surface area contributed by atoms with Crippen LogP contribution in [0.3, 0.4) is 0 Å². The van der Waals surface area contributed by atoms with E-state index in [4.69, 9.17) is 4.74 Å². The van der Waals surface area contributed by atoms with E-state index in [0.29, 0.717) is 17.9 Å². The van der Waals surface area contributed by atoms with Crippen molar-refractivity contribution in [3.8, 4) is 0 Å². The first-order valence-electron chi connectivity index (χ1n) is 3.96. The fourth-order valence-corrected chi connectivity index (χ4v) is 0.678. The van der Waals surface area contributed by atoms with Crippen LogP contribution in [0, 0.1) is 0 Å². The van der Waals surface area contributed by atoms with Crippen molar-refractivity contribution in [3.05, 3.63) is 11.3 Å². The number of esters is 1. The van der Waals surface area contributed by atoms with Crippen LogP contribution in [0.1, 0.15) is 27.7 Å². The molecule has 0 bridgehead atoms. The third-order valence-corrected chi connectivity index (χ3v) is 1.45. The molecule has 0 aliphatic heterocycles. The molecule has 0 atom stereocenters. The van der Waals surface area contributed by atoms with Gasteiger partial charge in [-0.05, 0) is 27.7 Å². The number of nitrogens with zero attached hydrogens (tertiary/aromatic N) is 1. The number of hydrogen-bond donors (Lipinski definition) is 0. The molecule has 0 aromatic rings. The van der Waals surface area contributed by atoms with Crippen molar-refractivity contribution in [1.29, 1.82) is 0 Å². The lowest BCUT2D eigenvalue weighted by Crippen LogP contribution is -2.06. The van der Waals surface area contributed by atoms with E-state index in [9.17, 15) is 4.79 Å². The molecule has 0 radical (unpaired) electrons. The monoisotopic (exact) mass is 169 g/mol. The quantitative estimate of drug-likeness (QED) is 0.368. The molecule has 0 saturated heterocycles. The van der Waals surface area contributed by atoms with Crippen molar-refractivity contribution in [3.63, 3.8) is 0 Å². The molecule has 0 fully saturated rings. The third-order valence-electron chi connectivity index (χ3n) is 1.45. The summed E-state index contributed by atoms with van der Waals surface area (Å²) in [4.78, 5) is 15.1. The molecule has 68 valence electrons. The minimum Gasteiger partial charge on any atom is -0.463 e. The van der Waals surface area contributed by atoms with Gasteiger partial charge in [-0.3, -0.25) is 4.99 Å². The SMILES string of the molecule is C/C=N\C(C)=C(/C)C(=O)OCC. The Kier molecular flexibility index (Phi) is 5.00. The lowest BCUT2D eigenvalue weighted by Gasteiger charge is -2.02. The zero-order valence-corrected chi connectivity index (χ0v) is 8.05. The van der Waals surface area contributed by atoms with Crippen LogP contribution in [-0.2, 0) is 9.53 Å². The van der Waals surface area contributed by atoms with Crippen molar-refractivity contribution >= 4 is 12.2 Å². The largest absolute Gasteiger partial charge is 0.463 e. The molecule has 0 rings (SSSR count). The molecule has 0 heterocycles. The molecule has 12 heavy (non-hydrogen) atoms.